The molecule has 0 aliphatic heterocycles. The molecule has 0 saturated heterocycles. The second-order valence-corrected chi connectivity index (χ2v) is 12.4. The Balaban J connectivity index is 1.44. The van der Waals surface area contributed by atoms with E-state index in [2.05, 4.69) is 26.1 Å². The third kappa shape index (κ3) is 4.09. The Kier molecular flexibility index (Phi) is 6.81. The number of hydrogen-bond acceptors (Lipinski definition) is 3. The van der Waals surface area contributed by atoms with Crippen LogP contribution in [0.2, 0.25) is 0 Å². The maximum absolute atomic E-state index is 12.2. The lowest BCUT2D eigenvalue weighted by Crippen LogP contribution is -2.57. The molecule has 10 atom stereocenters. The van der Waals surface area contributed by atoms with Gasteiger partial charge in [0.15, 0.2) is 0 Å². The Morgan fingerprint density at radius 3 is 2.52 bits per heavy atom. The van der Waals surface area contributed by atoms with Gasteiger partial charge in [0.25, 0.3) is 0 Å². The van der Waals surface area contributed by atoms with E-state index < -0.39 is 0 Å². The minimum atomic E-state index is -0.163. The third-order valence-electron chi connectivity index (χ3n) is 10.9. The molecule has 4 heteroatoms. The quantitative estimate of drug-likeness (QED) is 0.557. The van der Waals surface area contributed by atoms with Crippen LogP contribution in [0.3, 0.4) is 0 Å². The summed E-state index contributed by atoms with van der Waals surface area (Å²) in [6.07, 6.45) is 13.0. The summed E-state index contributed by atoms with van der Waals surface area (Å²) < 4.78 is 0. The topological polar surface area (TPSA) is 69.6 Å². The molecule has 4 fully saturated rings. The Hall–Kier alpha value is -0.610. The zero-order valence-corrected chi connectivity index (χ0v) is 20.4. The molecule has 178 valence electrons. The van der Waals surface area contributed by atoms with Crippen LogP contribution in [-0.4, -0.2) is 34.9 Å². The van der Waals surface area contributed by atoms with Crippen molar-refractivity contribution in [2.24, 2.45) is 46.3 Å². The molecule has 0 aromatic carbocycles. The number of fused-ring (bicyclic) bond motifs is 5. The van der Waals surface area contributed by atoms with Gasteiger partial charge in [-0.05, 0) is 105 Å². The molecular formula is C27H47NO3. The summed E-state index contributed by atoms with van der Waals surface area (Å²) in [7, 11) is 0. The lowest BCUT2D eigenvalue weighted by molar-refractivity contribution is -0.164. The summed E-state index contributed by atoms with van der Waals surface area (Å²) in [6.45, 7) is 9.29. The fraction of sp³-hybridized carbons (Fsp3) is 0.963. The van der Waals surface area contributed by atoms with Gasteiger partial charge in [-0.3, -0.25) is 4.79 Å². The van der Waals surface area contributed by atoms with Crippen LogP contribution in [0.4, 0.5) is 0 Å². The number of carbonyl (C=O) groups is 1. The van der Waals surface area contributed by atoms with Crippen molar-refractivity contribution in [1.29, 1.82) is 0 Å². The number of hydrogen-bond donors (Lipinski definition) is 3. The SMILES string of the molecule is C[C@H](CO)NC(=O)CC[C@@H](C)C1CCC2C3C(CCC21C)C1(C)CCCCC1C[C@@H]3O. The first-order chi connectivity index (χ1) is 14.7. The van der Waals surface area contributed by atoms with Gasteiger partial charge in [-0.2, -0.15) is 0 Å². The molecule has 4 nitrogen and oxygen atoms in total. The van der Waals surface area contributed by atoms with Gasteiger partial charge in [0.1, 0.15) is 0 Å². The molecule has 0 radical (unpaired) electrons. The summed E-state index contributed by atoms with van der Waals surface area (Å²) in [5, 5.41) is 23.4. The summed E-state index contributed by atoms with van der Waals surface area (Å²) in [4.78, 5) is 12.2. The van der Waals surface area contributed by atoms with Gasteiger partial charge in [0.2, 0.25) is 5.91 Å². The van der Waals surface area contributed by atoms with Gasteiger partial charge in [0, 0.05) is 12.5 Å². The lowest BCUT2D eigenvalue weighted by atomic mass is 9.44. The Morgan fingerprint density at radius 1 is 1.03 bits per heavy atom. The van der Waals surface area contributed by atoms with Crippen LogP contribution in [0.1, 0.15) is 98.3 Å². The summed E-state index contributed by atoms with van der Waals surface area (Å²) in [6, 6.07) is -0.163. The minimum absolute atomic E-state index is 0.00563. The Labute approximate surface area is 190 Å². The van der Waals surface area contributed by atoms with Crippen molar-refractivity contribution in [1.82, 2.24) is 5.32 Å². The van der Waals surface area contributed by atoms with Gasteiger partial charge < -0.3 is 15.5 Å². The first-order valence-corrected chi connectivity index (χ1v) is 13.3. The smallest absolute Gasteiger partial charge is 0.220 e. The predicted molar refractivity (Wildman–Crippen MR) is 124 cm³/mol. The van der Waals surface area contributed by atoms with Crippen molar-refractivity contribution in [3.63, 3.8) is 0 Å². The maximum Gasteiger partial charge on any atom is 0.220 e. The van der Waals surface area contributed by atoms with Crippen molar-refractivity contribution >= 4 is 5.91 Å². The highest BCUT2D eigenvalue weighted by Crippen LogP contribution is 2.68. The molecule has 31 heavy (non-hydrogen) atoms. The molecule has 7 unspecified atom stereocenters. The largest absolute Gasteiger partial charge is 0.394 e. The van der Waals surface area contributed by atoms with E-state index in [1.165, 1.54) is 51.4 Å². The summed E-state index contributed by atoms with van der Waals surface area (Å²) >= 11 is 0. The highest BCUT2D eigenvalue weighted by atomic mass is 16.3. The van der Waals surface area contributed by atoms with Crippen molar-refractivity contribution in [3.8, 4) is 0 Å². The molecule has 0 heterocycles. The van der Waals surface area contributed by atoms with Crippen molar-refractivity contribution in [3.05, 3.63) is 0 Å². The zero-order valence-electron chi connectivity index (χ0n) is 20.4. The van der Waals surface area contributed by atoms with Gasteiger partial charge in [-0.15, -0.1) is 0 Å². The van der Waals surface area contributed by atoms with Crippen LogP contribution < -0.4 is 5.32 Å². The molecule has 3 N–H and O–H groups in total. The number of aliphatic hydroxyl groups is 2. The van der Waals surface area contributed by atoms with Crippen LogP contribution in [0, 0.1) is 46.3 Å². The first kappa shape index (κ1) is 23.5. The fourth-order valence-corrected chi connectivity index (χ4v) is 9.18. The fourth-order valence-electron chi connectivity index (χ4n) is 9.18. The lowest BCUT2D eigenvalue weighted by Gasteiger charge is -2.62. The van der Waals surface area contributed by atoms with Crippen LogP contribution in [0.15, 0.2) is 0 Å². The molecule has 0 aromatic rings. The number of carbonyl (C=O) groups excluding carboxylic acids is 1. The monoisotopic (exact) mass is 433 g/mol. The molecule has 4 aliphatic carbocycles. The third-order valence-corrected chi connectivity index (χ3v) is 10.9. The predicted octanol–water partition coefficient (Wildman–Crippen LogP) is 4.92. The maximum atomic E-state index is 12.2. The van der Waals surface area contributed by atoms with E-state index in [0.717, 1.165) is 18.8 Å². The molecule has 4 aliphatic rings. The molecular weight excluding hydrogens is 386 g/mol. The molecule has 0 spiro atoms. The van der Waals surface area contributed by atoms with E-state index >= 15 is 0 Å². The number of nitrogens with one attached hydrogen (secondary N) is 1. The number of amides is 1. The second kappa shape index (κ2) is 8.97. The van der Waals surface area contributed by atoms with Crippen molar-refractivity contribution < 1.29 is 15.0 Å². The molecule has 4 rings (SSSR count). The van der Waals surface area contributed by atoms with E-state index in [1.54, 1.807) is 0 Å². The molecule has 4 saturated carbocycles. The van der Waals surface area contributed by atoms with Gasteiger partial charge in [0.05, 0.1) is 12.7 Å². The van der Waals surface area contributed by atoms with Crippen LogP contribution >= 0.6 is 0 Å². The molecule has 1 amide bonds. The van der Waals surface area contributed by atoms with Gasteiger partial charge >= 0.3 is 0 Å². The minimum Gasteiger partial charge on any atom is -0.394 e. The normalized spacial score (nSPS) is 46.4. The van der Waals surface area contributed by atoms with Crippen molar-refractivity contribution in [2.45, 2.75) is 110 Å². The van der Waals surface area contributed by atoms with Crippen molar-refractivity contribution in [2.75, 3.05) is 6.61 Å². The van der Waals surface area contributed by atoms with Crippen LogP contribution in [0.25, 0.3) is 0 Å². The Bertz CT molecular complexity index is 652. The van der Waals surface area contributed by atoms with Gasteiger partial charge in [-0.25, -0.2) is 0 Å². The summed E-state index contributed by atoms with van der Waals surface area (Å²) in [5.74, 6) is 3.83. The second-order valence-electron chi connectivity index (χ2n) is 12.4. The van der Waals surface area contributed by atoms with E-state index in [0.29, 0.717) is 46.8 Å². The summed E-state index contributed by atoms with van der Waals surface area (Å²) in [5.41, 5.74) is 0.767. The van der Waals surface area contributed by atoms with Crippen LogP contribution in [-0.2, 0) is 4.79 Å². The van der Waals surface area contributed by atoms with E-state index in [-0.39, 0.29) is 24.7 Å². The highest BCUT2D eigenvalue weighted by molar-refractivity contribution is 5.76. The average Bonchev–Trinajstić information content (AvgIpc) is 3.09. The van der Waals surface area contributed by atoms with E-state index in [9.17, 15) is 9.90 Å². The molecule has 0 aromatic heterocycles. The zero-order chi connectivity index (χ0) is 22.4. The van der Waals surface area contributed by atoms with Crippen LogP contribution in [0.5, 0.6) is 0 Å². The van der Waals surface area contributed by atoms with E-state index in [1.807, 2.05) is 6.92 Å². The average molecular weight is 434 g/mol. The Morgan fingerprint density at radius 2 is 1.77 bits per heavy atom. The van der Waals surface area contributed by atoms with E-state index in [4.69, 9.17) is 5.11 Å². The number of rotatable bonds is 6. The highest BCUT2D eigenvalue weighted by Gasteiger charge is 2.62. The van der Waals surface area contributed by atoms with Gasteiger partial charge in [-0.1, -0.05) is 33.6 Å². The number of aliphatic hydroxyl groups excluding tert-OH is 2. The molecule has 0 bridgehead atoms. The first-order valence-electron chi connectivity index (χ1n) is 13.3. The standard InChI is InChI=1S/C27H47NO3/c1-17(8-11-24(31)28-18(2)16-29)20-9-10-21-25-22(12-14-27(20,21)4)26(3)13-6-5-7-19(26)15-23(25)30/h17-23,25,29-30H,5-16H2,1-4H3,(H,28,31)/t17-,18-,19?,20?,21?,22?,23+,25?,26?,27?/m1/s1.